The Morgan fingerprint density at radius 1 is 0.822 bits per heavy atom. The molecule has 0 bridgehead atoms. The first-order valence-electron chi connectivity index (χ1n) is 25.9. The number of carboxylic acid groups (broad SMARTS) is 1. The second-order valence-corrected chi connectivity index (χ2v) is 21.3. The van der Waals surface area contributed by atoms with Gasteiger partial charge in [0.05, 0.1) is 27.3 Å². The van der Waals surface area contributed by atoms with Crippen LogP contribution in [0.4, 0.5) is 22.3 Å². The molecule has 4 aromatic carbocycles. The largest absolute Gasteiger partial charge is 0.476 e. The highest BCUT2D eigenvalue weighted by Crippen LogP contribution is 2.37. The van der Waals surface area contributed by atoms with Gasteiger partial charge in [-0.3, -0.25) is 34.6 Å². The average molecular weight is 999 g/mol. The summed E-state index contributed by atoms with van der Waals surface area (Å²) in [6, 6.07) is 30.3. The Labute approximate surface area is 429 Å². The number of aryl methyl sites for hydroxylation is 1. The minimum absolute atomic E-state index is 0.0109. The van der Waals surface area contributed by atoms with Crippen molar-refractivity contribution in [1.29, 1.82) is 0 Å². The summed E-state index contributed by atoms with van der Waals surface area (Å²) in [5.74, 6) is -0.863. The second kappa shape index (κ2) is 20.7. The van der Waals surface area contributed by atoms with Crippen LogP contribution in [0.25, 0.3) is 32.2 Å². The number of carboxylic acids is 1. The number of aromatic nitrogens is 4. The van der Waals surface area contributed by atoms with E-state index in [-0.39, 0.29) is 23.4 Å². The maximum absolute atomic E-state index is 13.7. The highest BCUT2D eigenvalue weighted by Gasteiger charge is 2.32. The third-order valence-corrected chi connectivity index (χ3v) is 16.7. The zero-order valence-electron chi connectivity index (χ0n) is 41.5. The number of carbonyl (C=O) groups excluding carboxylic acids is 3. The van der Waals surface area contributed by atoms with E-state index in [9.17, 15) is 24.3 Å². The smallest absolute Gasteiger partial charge is 0.355 e. The minimum atomic E-state index is -1.08. The van der Waals surface area contributed by atoms with Gasteiger partial charge in [-0.15, -0.1) is 0 Å². The lowest BCUT2D eigenvalue weighted by atomic mass is 9.83. The number of rotatable bonds is 14. The number of pyridine rings is 1. The summed E-state index contributed by atoms with van der Waals surface area (Å²) >= 11 is 1.44. The molecular formula is C57H62N10O5S. The van der Waals surface area contributed by atoms with Crippen LogP contribution in [0.15, 0.2) is 91.0 Å². The van der Waals surface area contributed by atoms with Crippen LogP contribution in [0.2, 0.25) is 0 Å². The fourth-order valence-corrected chi connectivity index (χ4v) is 12.5. The zero-order chi connectivity index (χ0) is 50.2. The summed E-state index contributed by atoms with van der Waals surface area (Å²) in [6.45, 7) is 8.27. The number of para-hydroxylation sites is 1. The van der Waals surface area contributed by atoms with Crippen molar-refractivity contribution in [3.63, 3.8) is 0 Å². The average Bonchev–Trinajstić information content (AvgIpc) is 3.97. The lowest BCUT2D eigenvalue weighted by molar-refractivity contribution is -0.134. The first-order valence-corrected chi connectivity index (χ1v) is 26.8. The van der Waals surface area contributed by atoms with E-state index in [0.717, 1.165) is 106 Å². The number of fused-ring (bicyclic) bond motifs is 3. The van der Waals surface area contributed by atoms with Crippen molar-refractivity contribution in [3.05, 3.63) is 125 Å². The van der Waals surface area contributed by atoms with E-state index in [1.165, 1.54) is 49.1 Å². The highest BCUT2D eigenvalue weighted by molar-refractivity contribution is 7.22. The Hall–Kier alpha value is -7.17. The number of benzene rings is 4. The van der Waals surface area contributed by atoms with Crippen molar-refractivity contribution in [2.24, 2.45) is 13.0 Å². The molecule has 0 radical (unpaired) electrons. The number of anilines is 4. The number of aromatic carboxylic acids is 1. The number of hydrogen-bond acceptors (Lipinski definition) is 12. The van der Waals surface area contributed by atoms with Crippen molar-refractivity contribution in [1.82, 2.24) is 30.0 Å². The van der Waals surface area contributed by atoms with Gasteiger partial charge in [0.1, 0.15) is 5.82 Å². The standard InChI is InChI=1S/C57H62N10O5S/c1-35-40(41-22-24-50(60-53(41)56(71)72)67-28-26-37-10-7-12-42(45(37)34-67)54(69)62-57-59-47-13-3-4-15-49(47)73-57)11-8-14-46(35)58-38-18-16-36(17-19-38)9-5-6-27-65-29-31-66(32-30-65)39-20-21-43-48(33-39)64(2)63-52(43)44-23-25-51(68)61-55(44)70/h3-4,7-8,10-15,20-22,24,33,36,38,44,58H,5-6,9,16-19,23,25-32,34H2,1-2H3,(H,71,72)(H,59,62,69)(H,61,68,70). The molecule has 3 aliphatic heterocycles. The Balaban J connectivity index is 0.649. The summed E-state index contributed by atoms with van der Waals surface area (Å²) in [5, 5.41) is 26.1. The third-order valence-electron chi connectivity index (χ3n) is 15.8. The molecule has 7 aromatic rings. The van der Waals surface area contributed by atoms with Crippen molar-refractivity contribution in [3.8, 4) is 11.1 Å². The molecule has 1 unspecified atom stereocenters. The molecule has 376 valence electrons. The molecule has 15 nitrogen and oxygen atoms in total. The number of piperidine rings is 1. The topological polar surface area (TPSA) is 178 Å². The molecule has 16 heteroatoms. The number of amides is 3. The summed E-state index contributed by atoms with van der Waals surface area (Å²) in [6.07, 6.45) is 9.87. The Morgan fingerprint density at radius 2 is 1.64 bits per heavy atom. The third kappa shape index (κ3) is 10.1. The van der Waals surface area contributed by atoms with E-state index >= 15 is 0 Å². The molecule has 3 fully saturated rings. The predicted molar refractivity (Wildman–Crippen MR) is 288 cm³/mol. The van der Waals surface area contributed by atoms with Gasteiger partial charge in [0.2, 0.25) is 11.8 Å². The Bertz CT molecular complexity index is 3210. The molecule has 3 amide bonds. The molecule has 2 saturated heterocycles. The first kappa shape index (κ1) is 48.1. The molecular weight excluding hydrogens is 937 g/mol. The van der Waals surface area contributed by atoms with Gasteiger partial charge in [-0.25, -0.2) is 14.8 Å². The van der Waals surface area contributed by atoms with Gasteiger partial charge >= 0.3 is 5.97 Å². The lowest BCUT2D eigenvalue weighted by Crippen LogP contribution is -2.46. The fourth-order valence-electron chi connectivity index (χ4n) is 11.7. The van der Waals surface area contributed by atoms with E-state index in [1.807, 2.05) is 72.4 Å². The van der Waals surface area contributed by atoms with Gasteiger partial charge in [-0.2, -0.15) is 5.10 Å². The molecule has 4 N–H and O–H groups in total. The van der Waals surface area contributed by atoms with Crippen molar-refractivity contribution in [2.75, 3.05) is 59.7 Å². The zero-order valence-corrected chi connectivity index (χ0v) is 42.3. The molecule has 0 spiro atoms. The Kier molecular flexibility index (Phi) is 13.7. The number of hydrogen-bond donors (Lipinski definition) is 4. The van der Waals surface area contributed by atoms with E-state index in [1.54, 1.807) is 0 Å². The van der Waals surface area contributed by atoms with Gasteiger partial charge in [-0.1, -0.05) is 60.6 Å². The van der Waals surface area contributed by atoms with Gasteiger partial charge < -0.3 is 20.2 Å². The molecule has 1 atom stereocenters. The maximum Gasteiger partial charge on any atom is 0.355 e. The van der Waals surface area contributed by atoms with Gasteiger partial charge in [0.25, 0.3) is 5.91 Å². The number of unbranched alkanes of at least 4 members (excludes halogenated alkanes) is 1. The normalized spacial score (nSPS) is 19.5. The first-order chi connectivity index (χ1) is 35.5. The molecule has 3 aromatic heterocycles. The monoisotopic (exact) mass is 998 g/mol. The van der Waals surface area contributed by atoms with Gasteiger partial charge in [-0.05, 0) is 141 Å². The maximum atomic E-state index is 13.7. The SMILES string of the molecule is Cc1c(NC2CCC(CCCCN3CCN(c4ccc5c(C6CCC(=O)NC6=O)nn(C)c5c4)CC3)CC2)cccc1-c1ccc(N2CCc3cccc(C(=O)Nc4nc5ccccc5s4)c3C2)nc1C(=O)O. The number of nitrogens with one attached hydrogen (secondary N) is 3. The van der Waals surface area contributed by atoms with Crippen LogP contribution in [-0.2, 0) is 29.6 Å². The van der Waals surface area contributed by atoms with Crippen LogP contribution >= 0.6 is 11.3 Å². The predicted octanol–water partition coefficient (Wildman–Crippen LogP) is 9.55. The van der Waals surface area contributed by atoms with Crippen molar-refractivity contribution in [2.45, 2.75) is 89.6 Å². The quantitative estimate of drug-likeness (QED) is 0.0600. The summed E-state index contributed by atoms with van der Waals surface area (Å²) < 4.78 is 2.87. The summed E-state index contributed by atoms with van der Waals surface area (Å²) in [4.78, 5) is 67.4. The molecule has 4 aliphatic rings. The molecule has 11 rings (SSSR count). The molecule has 1 aliphatic carbocycles. The van der Waals surface area contributed by atoms with Gasteiger partial charge in [0, 0.05) is 86.7 Å². The molecule has 1 saturated carbocycles. The minimum Gasteiger partial charge on any atom is -0.476 e. The second-order valence-electron chi connectivity index (χ2n) is 20.3. The fraction of sp³-hybridized carbons (Fsp3) is 0.386. The summed E-state index contributed by atoms with van der Waals surface area (Å²) in [5.41, 5.74) is 9.84. The lowest BCUT2D eigenvalue weighted by Gasteiger charge is -2.36. The van der Waals surface area contributed by atoms with Crippen LogP contribution in [0.1, 0.15) is 107 Å². The van der Waals surface area contributed by atoms with E-state index in [2.05, 4.69) is 72.9 Å². The van der Waals surface area contributed by atoms with Crippen molar-refractivity contribution < 1.29 is 24.3 Å². The Morgan fingerprint density at radius 3 is 2.45 bits per heavy atom. The van der Waals surface area contributed by atoms with Gasteiger partial charge in [0.15, 0.2) is 10.8 Å². The van der Waals surface area contributed by atoms with E-state index in [4.69, 9.17) is 10.1 Å². The number of imide groups is 1. The highest BCUT2D eigenvalue weighted by atomic mass is 32.1. The number of piperazine rings is 1. The van der Waals surface area contributed by atoms with E-state index < -0.39 is 11.9 Å². The van der Waals surface area contributed by atoms with Crippen LogP contribution < -0.4 is 25.8 Å². The number of carbonyl (C=O) groups is 4. The van der Waals surface area contributed by atoms with E-state index in [0.29, 0.717) is 60.5 Å². The number of thiazole rings is 1. The van der Waals surface area contributed by atoms with Crippen LogP contribution in [0, 0.1) is 12.8 Å². The van der Waals surface area contributed by atoms with Crippen LogP contribution in [0.3, 0.4) is 0 Å². The number of nitrogens with zero attached hydrogens (tertiary/aromatic N) is 7. The van der Waals surface area contributed by atoms with Crippen LogP contribution in [0.5, 0.6) is 0 Å². The van der Waals surface area contributed by atoms with Crippen molar-refractivity contribution >= 4 is 78.5 Å². The summed E-state index contributed by atoms with van der Waals surface area (Å²) in [7, 11) is 1.92. The van der Waals surface area contributed by atoms with Crippen LogP contribution in [-0.4, -0.2) is 98.8 Å². The molecule has 6 heterocycles. The molecule has 73 heavy (non-hydrogen) atoms.